The second-order valence-corrected chi connectivity index (χ2v) is 11.2. The number of ether oxygens (including phenoxy) is 1. The van der Waals surface area contributed by atoms with Crippen LogP contribution >= 0.6 is 11.8 Å². The molecule has 1 amide bonds. The zero-order chi connectivity index (χ0) is 28.2. The third kappa shape index (κ3) is 5.02. The molecule has 6 rings (SSSR count). The summed E-state index contributed by atoms with van der Waals surface area (Å²) >= 11 is -0.251. The van der Waals surface area contributed by atoms with Gasteiger partial charge in [-0.2, -0.15) is 26.3 Å². The van der Waals surface area contributed by atoms with Crippen LogP contribution in [0, 0.1) is 10.8 Å². The predicted molar refractivity (Wildman–Crippen MR) is 130 cm³/mol. The first-order valence-electron chi connectivity index (χ1n) is 11.8. The van der Waals surface area contributed by atoms with E-state index in [1.807, 2.05) is 0 Å². The number of alkyl halides is 6. The van der Waals surface area contributed by atoms with Gasteiger partial charge in [0.05, 0.1) is 11.0 Å². The van der Waals surface area contributed by atoms with Gasteiger partial charge in [0.25, 0.3) is 5.91 Å². The molecule has 3 aromatic carbocycles. The third-order valence-electron chi connectivity index (χ3n) is 7.47. The van der Waals surface area contributed by atoms with Crippen LogP contribution in [0.25, 0.3) is 10.8 Å². The van der Waals surface area contributed by atoms with E-state index in [4.69, 9.17) is 4.74 Å². The normalized spacial score (nSPS) is 22.9. The van der Waals surface area contributed by atoms with Crippen molar-refractivity contribution in [2.45, 2.75) is 48.5 Å². The topological polar surface area (TPSA) is 75.6 Å². The number of carbonyl (C=O) groups excluding carboxylic acids is 1. The number of carboxylic acids is 1. The molecular formula is C27H21F6NO4S. The summed E-state index contributed by atoms with van der Waals surface area (Å²) in [5, 5.41) is 13.4. The highest BCUT2D eigenvalue weighted by atomic mass is 32.2. The van der Waals surface area contributed by atoms with E-state index in [0.29, 0.717) is 16.3 Å². The zero-order valence-electron chi connectivity index (χ0n) is 20.0. The van der Waals surface area contributed by atoms with Crippen LogP contribution in [-0.4, -0.2) is 34.7 Å². The molecule has 39 heavy (non-hydrogen) atoms. The Bertz CT molecular complexity index is 1420. The molecule has 0 aromatic heterocycles. The monoisotopic (exact) mass is 569 g/mol. The van der Waals surface area contributed by atoms with Gasteiger partial charge in [0, 0.05) is 15.7 Å². The Morgan fingerprint density at radius 1 is 0.949 bits per heavy atom. The number of aliphatic carboxylic acids is 1. The fourth-order valence-corrected chi connectivity index (χ4v) is 6.22. The van der Waals surface area contributed by atoms with E-state index in [2.05, 4.69) is 5.32 Å². The molecule has 5 nitrogen and oxygen atoms in total. The Balaban J connectivity index is 1.37. The minimum absolute atomic E-state index is 0.00269. The van der Waals surface area contributed by atoms with E-state index in [0.717, 1.165) is 0 Å². The predicted octanol–water partition coefficient (Wildman–Crippen LogP) is 6.95. The Kier molecular flexibility index (Phi) is 6.52. The number of hydrogen-bond donors (Lipinski definition) is 2. The maximum Gasteiger partial charge on any atom is 0.446 e. The van der Waals surface area contributed by atoms with Gasteiger partial charge in [-0.15, -0.1) is 0 Å². The summed E-state index contributed by atoms with van der Waals surface area (Å²) in [6, 6.07) is 14.0. The molecule has 2 N–H and O–H groups in total. The lowest BCUT2D eigenvalue weighted by molar-refractivity contribution is -0.367. The second-order valence-electron chi connectivity index (χ2n) is 10.1. The van der Waals surface area contributed by atoms with E-state index in [9.17, 15) is 41.0 Å². The van der Waals surface area contributed by atoms with Gasteiger partial charge in [0.1, 0.15) is 18.4 Å². The SMILES string of the molecule is O=C(N[C@H](C(=O)O)C12CC(C(F)(F)F)(C1)C2)c1ccc2ccccc2c1OCc1ccc(SC(F)(F)F)cc1. The Morgan fingerprint density at radius 2 is 1.59 bits per heavy atom. The lowest BCUT2D eigenvalue weighted by atomic mass is 9.33. The van der Waals surface area contributed by atoms with Crippen molar-refractivity contribution in [3.05, 3.63) is 71.8 Å². The van der Waals surface area contributed by atoms with Gasteiger partial charge < -0.3 is 15.2 Å². The molecule has 12 heteroatoms. The zero-order valence-corrected chi connectivity index (χ0v) is 20.8. The summed E-state index contributed by atoms with van der Waals surface area (Å²) in [5.74, 6) is -2.11. The van der Waals surface area contributed by atoms with Crippen LogP contribution in [0.3, 0.4) is 0 Å². The fourth-order valence-electron chi connectivity index (χ4n) is 5.68. The summed E-state index contributed by atoms with van der Waals surface area (Å²) in [6.45, 7) is -0.106. The highest BCUT2D eigenvalue weighted by molar-refractivity contribution is 8.00. The van der Waals surface area contributed by atoms with Crippen LogP contribution in [0.5, 0.6) is 5.75 Å². The Hall–Kier alpha value is -3.41. The standard InChI is InChI=1S/C27H21F6NO4S/c28-26(29,30)25-12-24(13-25,14-25)21(23(36)37)34-22(35)19-10-7-16-3-1-2-4-18(16)20(19)38-11-15-5-8-17(9-6-15)39-27(31,32)33/h1-10,21H,11-14H2,(H,34,35)(H,36,37)/t21-,24?,25?/m1/s1. The molecular weight excluding hydrogens is 548 g/mol. The van der Waals surface area contributed by atoms with Crippen LogP contribution in [0.2, 0.25) is 0 Å². The van der Waals surface area contributed by atoms with Gasteiger partial charge >= 0.3 is 17.7 Å². The molecule has 0 radical (unpaired) electrons. The van der Waals surface area contributed by atoms with Crippen molar-refractivity contribution in [2.75, 3.05) is 0 Å². The summed E-state index contributed by atoms with van der Waals surface area (Å²) in [7, 11) is 0. The molecule has 0 heterocycles. The number of amides is 1. The molecule has 0 spiro atoms. The third-order valence-corrected chi connectivity index (χ3v) is 8.21. The molecule has 0 saturated heterocycles. The average molecular weight is 570 g/mol. The average Bonchev–Trinajstić information content (AvgIpc) is 2.79. The Morgan fingerprint density at radius 3 is 2.18 bits per heavy atom. The number of benzene rings is 3. The van der Waals surface area contributed by atoms with Crippen molar-refractivity contribution in [1.29, 1.82) is 0 Å². The number of hydrogen-bond acceptors (Lipinski definition) is 4. The number of thioether (sulfide) groups is 1. The van der Waals surface area contributed by atoms with Crippen LogP contribution < -0.4 is 10.1 Å². The first-order valence-corrected chi connectivity index (χ1v) is 12.6. The molecule has 3 saturated carbocycles. The van der Waals surface area contributed by atoms with Crippen molar-refractivity contribution < 1.29 is 45.8 Å². The van der Waals surface area contributed by atoms with Gasteiger partial charge in [0.15, 0.2) is 0 Å². The van der Waals surface area contributed by atoms with Crippen LogP contribution in [0.4, 0.5) is 26.3 Å². The smallest absolute Gasteiger partial charge is 0.446 e. The number of rotatable bonds is 8. The van der Waals surface area contributed by atoms with E-state index in [1.165, 1.54) is 30.3 Å². The largest absolute Gasteiger partial charge is 0.487 e. The number of carboxylic acid groups (broad SMARTS) is 1. The number of carbonyl (C=O) groups is 2. The molecule has 206 valence electrons. The first-order chi connectivity index (χ1) is 18.2. The Labute approximate surface area is 222 Å². The highest BCUT2D eigenvalue weighted by Gasteiger charge is 2.81. The summed E-state index contributed by atoms with van der Waals surface area (Å²) < 4.78 is 83.7. The summed E-state index contributed by atoms with van der Waals surface area (Å²) in [5.41, 5.74) is -6.96. The molecule has 1 atom stereocenters. The van der Waals surface area contributed by atoms with Crippen LogP contribution in [-0.2, 0) is 11.4 Å². The molecule has 0 aliphatic heterocycles. The molecule has 0 unspecified atom stereocenters. The van der Waals surface area contributed by atoms with Gasteiger partial charge in [0.2, 0.25) is 0 Å². The second kappa shape index (κ2) is 9.35. The fraction of sp³-hybridized carbons (Fsp3) is 0.333. The molecule has 3 aromatic rings. The number of nitrogens with one attached hydrogen (secondary N) is 1. The highest BCUT2D eigenvalue weighted by Crippen LogP contribution is 2.79. The maximum atomic E-state index is 13.3. The van der Waals surface area contributed by atoms with Gasteiger partial charge in [-0.25, -0.2) is 4.79 Å². The molecule has 2 bridgehead atoms. The summed E-state index contributed by atoms with van der Waals surface area (Å²) in [4.78, 5) is 25.3. The van der Waals surface area contributed by atoms with Crippen molar-refractivity contribution in [3.8, 4) is 5.75 Å². The van der Waals surface area contributed by atoms with Crippen LogP contribution in [0.15, 0.2) is 65.6 Å². The minimum atomic E-state index is -4.43. The first kappa shape index (κ1) is 27.2. The van der Waals surface area contributed by atoms with Crippen molar-refractivity contribution in [3.63, 3.8) is 0 Å². The van der Waals surface area contributed by atoms with E-state index >= 15 is 0 Å². The maximum absolute atomic E-state index is 13.3. The van der Waals surface area contributed by atoms with Gasteiger partial charge in [-0.3, -0.25) is 4.79 Å². The van der Waals surface area contributed by atoms with Crippen LogP contribution in [0.1, 0.15) is 35.2 Å². The number of fused-ring (bicyclic) bond motifs is 1. The van der Waals surface area contributed by atoms with E-state index < -0.39 is 40.4 Å². The number of halogens is 6. The quantitative estimate of drug-likeness (QED) is 0.227. The van der Waals surface area contributed by atoms with E-state index in [1.54, 1.807) is 30.3 Å². The molecule has 3 fully saturated rings. The van der Waals surface area contributed by atoms with Crippen molar-refractivity contribution >= 4 is 34.4 Å². The van der Waals surface area contributed by atoms with Crippen molar-refractivity contribution in [2.24, 2.45) is 10.8 Å². The lowest BCUT2D eigenvalue weighted by Crippen LogP contribution is -2.75. The minimum Gasteiger partial charge on any atom is -0.487 e. The lowest BCUT2D eigenvalue weighted by Gasteiger charge is -2.72. The van der Waals surface area contributed by atoms with E-state index in [-0.39, 0.29) is 53.8 Å². The molecule has 3 aliphatic rings. The summed E-state index contributed by atoms with van der Waals surface area (Å²) in [6.07, 6.45) is -5.50. The van der Waals surface area contributed by atoms with Gasteiger partial charge in [-0.1, -0.05) is 42.5 Å². The van der Waals surface area contributed by atoms with Crippen molar-refractivity contribution in [1.82, 2.24) is 5.32 Å². The van der Waals surface area contributed by atoms with Gasteiger partial charge in [-0.05, 0) is 60.2 Å². The molecule has 3 aliphatic carbocycles.